The van der Waals surface area contributed by atoms with E-state index in [1.807, 2.05) is 33.8 Å². The summed E-state index contributed by atoms with van der Waals surface area (Å²) in [5.41, 5.74) is 10.4. The largest absolute Gasteiger partial charge is 0.269 e. The molecule has 2 aromatic heterocycles. The van der Waals surface area contributed by atoms with Crippen LogP contribution in [-0.4, -0.2) is 19.6 Å². The first-order valence-corrected chi connectivity index (χ1v) is 13.5. The summed E-state index contributed by atoms with van der Waals surface area (Å²) in [5, 5.41) is 9.41. The van der Waals surface area contributed by atoms with Crippen LogP contribution in [0.4, 0.5) is 0 Å². The second-order valence-corrected chi connectivity index (χ2v) is 8.58. The molecule has 0 atom stereocenters. The molecule has 0 saturated carbocycles. The third-order valence-electron chi connectivity index (χ3n) is 6.55. The van der Waals surface area contributed by atoms with Crippen LogP contribution in [0, 0.1) is 13.8 Å². The van der Waals surface area contributed by atoms with E-state index in [0.29, 0.717) is 0 Å². The zero-order valence-electron chi connectivity index (χ0n) is 22.5. The molecule has 2 aliphatic rings. The molecular formula is C31H42N4. The number of benzene rings is 2. The lowest BCUT2D eigenvalue weighted by molar-refractivity contribution is 0.486. The standard InChI is InChI=1S/C14H16N2.C13H14N2.2C2H6/c1-11-13-9-5-6-10-16(13)15-14(11)12-7-3-2-4-8-12;1-10-12-8-5-9-15(12)14-13(10)11-6-3-2-4-7-11;2*1-2/h2-4,7-8H,5-6,9-10H2,1H3;2-4,6-7H,5,8-9H2,1H3;2*1-2H3. The summed E-state index contributed by atoms with van der Waals surface area (Å²) in [7, 11) is 0. The van der Waals surface area contributed by atoms with Crippen LogP contribution in [0.25, 0.3) is 22.5 Å². The van der Waals surface area contributed by atoms with Crippen LogP contribution >= 0.6 is 0 Å². The fourth-order valence-electron chi connectivity index (χ4n) is 4.87. The molecule has 0 unspecified atom stereocenters. The fraction of sp³-hybridized carbons (Fsp3) is 0.419. The second kappa shape index (κ2) is 13.1. The zero-order chi connectivity index (χ0) is 25.2. The summed E-state index contributed by atoms with van der Waals surface area (Å²) in [4.78, 5) is 0. The van der Waals surface area contributed by atoms with Crippen LogP contribution in [0.2, 0.25) is 0 Å². The minimum atomic E-state index is 1.09. The van der Waals surface area contributed by atoms with Crippen LogP contribution in [-0.2, 0) is 25.9 Å². The SMILES string of the molecule is CC.CC.Cc1c(-c2ccccc2)nn2c1CCC2.Cc1c(-c2ccccc2)nn2c1CCCC2. The van der Waals surface area contributed by atoms with E-state index in [4.69, 9.17) is 5.10 Å². The maximum Gasteiger partial charge on any atom is 0.0955 e. The van der Waals surface area contributed by atoms with E-state index in [1.54, 1.807) is 0 Å². The van der Waals surface area contributed by atoms with E-state index >= 15 is 0 Å². The minimum Gasteiger partial charge on any atom is -0.269 e. The van der Waals surface area contributed by atoms with Gasteiger partial charge in [-0.2, -0.15) is 10.2 Å². The van der Waals surface area contributed by atoms with Gasteiger partial charge in [-0.3, -0.25) is 9.36 Å². The topological polar surface area (TPSA) is 35.6 Å². The number of aryl methyl sites for hydroxylation is 2. The average Bonchev–Trinajstić information content (AvgIpc) is 3.63. The van der Waals surface area contributed by atoms with Gasteiger partial charge in [-0.1, -0.05) is 88.4 Å². The molecular weight excluding hydrogens is 428 g/mol. The van der Waals surface area contributed by atoms with Crippen LogP contribution in [0.1, 0.15) is 69.5 Å². The predicted molar refractivity (Wildman–Crippen MR) is 149 cm³/mol. The van der Waals surface area contributed by atoms with Crippen molar-refractivity contribution < 1.29 is 0 Å². The smallest absolute Gasteiger partial charge is 0.0955 e. The molecule has 4 nitrogen and oxygen atoms in total. The molecule has 6 rings (SSSR count). The molecule has 0 radical (unpaired) electrons. The van der Waals surface area contributed by atoms with Crippen molar-refractivity contribution in [1.82, 2.24) is 19.6 Å². The molecule has 0 aliphatic carbocycles. The van der Waals surface area contributed by atoms with Gasteiger partial charge in [0.25, 0.3) is 0 Å². The van der Waals surface area contributed by atoms with E-state index in [0.717, 1.165) is 24.5 Å². The Hall–Kier alpha value is -3.14. The van der Waals surface area contributed by atoms with Gasteiger partial charge < -0.3 is 0 Å². The van der Waals surface area contributed by atoms with E-state index in [1.165, 1.54) is 65.7 Å². The quantitative estimate of drug-likeness (QED) is 0.297. The van der Waals surface area contributed by atoms with Gasteiger partial charge in [0, 0.05) is 35.6 Å². The molecule has 186 valence electrons. The van der Waals surface area contributed by atoms with E-state index in [-0.39, 0.29) is 0 Å². The number of rotatable bonds is 2. The molecule has 2 aliphatic heterocycles. The second-order valence-electron chi connectivity index (χ2n) is 8.58. The molecule has 4 aromatic rings. The molecule has 0 saturated heterocycles. The Labute approximate surface area is 212 Å². The molecule has 0 amide bonds. The van der Waals surface area contributed by atoms with Crippen LogP contribution < -0.4 is 0 Å². The Bertz CT molecular complexity index is 1170. The number of nitrogens with zero attached hydrogens (tertiary/aromatic N) is 4. The predicted octanol–water partition coefficient (Wildman–Crippen LogP) is 8.05. The maximum absolute atomic E-state index is 4.74. The van der Waals surface area contributed by atoms with Crippen molar-refractivity contribution >= 4 is 0 Å². The Balaban J connectivity index is 0.000000172. The third-order valence-corrected chi connectivity index (χ3v) is 6.55. The normalized spacial score (nSPS) is 13.2. The summed E-state index contributed by atoms with van der Waals surface area (Å²) in [5.74, 6) is 0. The fourth-order valence-corrected chi connectivity index (χ4v) is 4.87. The molecule has 0 N–H and O–H groups in total. The average molecular weight is 471 g/mol. The molecule has 35 heavy (non-hydrogen) atoms. The summed E-state index contributed by atoms with van der Waals surface area (Å²) in [6.07, 6.45) is 6.19. The molecule has 2 aromatic carbocycles. The number of hydrogen-bond acceptors (Lipinski definition) is 2. The lowest BCUT2D eigenvalue weighted by Gasteiger charge is -2.13. The van der Waals surface area contributed by atoms with Crippen molar-refractivity contribution in [1.29, 1.82) is 0 Å². The Morgan fingerprint density at radius 3 is 1.37 bits per heavy atom. The summed E-state index contributed by atoms with van der Waals surface area (Å²) >= 11 is 0. The Kier molecular flexibility index (Phi) is 9.89. The maximum atomic E-state index is 4.74. The summed E-state index contributed by atoms with van der Waals surface area (Å²) in [6, 6.07) is 20.9. The van der Waals surface area contributed by atoms with Crippen molar-refractivity contribution in [3.05, 3.63) is 83.2 Å². The molecule has 0 spiro atoms. The minimum absolute atomic E-state index is 1.09. The summed E-state index contributed by atoms with van der Waals surface area (Å²) < 4.78 is 4.36. The van der Waals surface area contributed by atoms with Crippen molar-refractivity contribution in [2.24, 2.45) is 0 Å². The number of fused-ring (bicyclic) bond motifs is 2. The van der Waals surface area contributed by atoms with Crippen molar-refractivity contribution in [2.75, 3.05) is 0 Å². The first-order chi connectivity index (χ1) is 17.2. The third kappa shape index (κ3) is 5.93. The van der Waals surface area contributed by atoms with Gasteiger partial charge in [0.05, 0.1) is 11.4 Å². The lowest BCUT2D eigenvalue weighted by Crippen LogP contribution is -2.11. The van der Waals surface area contributed by atoms with Crippen molar-refractivity contribution in [3.8, 4) is 22.5 Å². The highest BCUT2D eigenvalue weighted by atomic mass is 15.3. The first-order valence-electron chi connectivity index (χ1n) is 13.5. The van der Waals surface area contributed by atoms with Gasteiger partial charge >= 0.3 is 0 Å². The molecule has 0 bridgehead atoms. The highest BCUT2D eigenvalue weighted by molar-refractivity contribution is 5.64. The zero-order valence-corrected chi connectivity index (χ0v) is 22.5. The highest BCUT2D eigenvalue weighted by Gasteiger charge is 2.19. The lowest BCUT2D eigenvalue weighted by atomic mass is 10.0. The van der Waals surface area contributed by atoms with Gasteiger partial charge in [0.2, 0.25) is 0 Å². The Morgan fingerprint density at radius 2 is 0.943 bits per heavy atom. The van der Waals surface area contributed by atoms with E-state index in [2.05, 4.69) is 82.9 Å². The molecule has 0 fully saturated rings. The van der Waals surface area contributed by atoms with Gasteiger partial charge in [0.15, 0.2) is 0 Å². The van der Waals surface area contributed by atoms with Crippen molar-refractivity contribution in [2.45, 2.75) is 86.7 Å². The number of aromatic nitrogens is 4. The van der Waals surface area contributed by atoms with E-state index < -0.39 is 0 Å². The summed E-state index contributed by atoms with van der Waals surface area (Å²) in [6.45, 7) is 14.6. The van der Waals surface area contributed by atoms with Crippen LogP contribution in [0.15, 0.2) is 60.7 Å². The van der Waals surface area contributed by atoms with Gasteiger partial charge in [-0.25, -0.2) is 0 Å². The van der Waals surface area contributed by atoms with Gasteiger partial charge in [0.1, 0.15) is 0 Å². The van der Waals surface area contributed by atoms with Crippen LogP contribution in [0.3, 0.4) is 0 Å². The molecule has 4 heterocycles. The first kappa shape index (κ1) is 26.5. The highest BCUT2D eigenvalue weighted by Crippen LogP contribution is 2.29. The Morgan fingerprint density at radius 1 is 0.543 bits per heavy atom. The van der Waals surface area contributed by atoms with E-state index in [9.17, 15) is 0 Å². The monoisotopic (exact) mass is 470 g/mol. The van der Waals surface area contributed by atoms with Gasteiger partial charge in [-0.15, -0.1) is 0 Å². The molecule has 4 heteroatoms. The van der Waals surface area contributed by atoms with Crippen LogP contribution in [0.5, 0.6) is 0 Å². The van der Waals surface area contributed by atoms with Gasteiger partial charge in [-0.05, 0) is 57.1 Å². The van der Waals surface area contributed by atoms with Crippen molar-refractivity contribution in [3.63, 3.8) is 0 Å². The number of hydrogen-bond donors (Lipinski definition) is 0.